The highest BCUT2D eigenvalue weighted by Gasteiger charge is 1.96. The average Bonchev–Trinajstić information content (AvgIpc) is 2.34. The minimum atomic E-state index is 1.14. The fraction of sp³-hybridized carbons (Fsp3) is 0.200. The third-order valence-corrected chi connectivity index (χ3v) is 3.81. The number of hydrogen-bond acceptors (Lipinski definition) is 0. The molecular formula is C15H14Br2. The van der Waals surface area contributed by atoms with Gasteiger partial charge in [-0.25, -0.2) is 0 Å². The maximum Gasteiger partial charge on any atom is 0.0175 e. The van der Waals surface area contributed by atoms with Crippen LogP contribution in [0.2, 0.25) is 0 Å². The van der Waals surface area contributed by atoms with Gasteiger partial charge < -0.3 is 0 Å². The SMILES string of the molecule is Brc1ccc(CCCc2ccc(Br)cc2)cc1. The molecule has 2 aromatic rings. The van der Waals surface area contributed by atoms with E-state index in [-0.39, 0.29) is 0 Å². The molecule has 0 heterocycles. The molecule has 0 aliphatic heterocycles. The number of rotatable bonds is 4. The molecule has 0 aliphatic rings. The Balaban J connectivity index is 1.83. The Kier molecular flexibility index (Phi) is 4.81. The Morgan fingerprint density at radius 1 is 0.588 bits per heavy atom. The zero-order valence-electron chi connectivity index (χ0n) is 9.50. The molecule has 17 heavy (non-hydrogen) atoms. The van der Waals surface area contributed by atoms with Crippen LogP contribution in [-0.4, -0.2) is 0 Å². The van der Waals surface area contributed by atoms with Gasteiger partial charge in [0.25, 0.3) is 0 Å². The van der Waals surface area contributed by atoms with Crippen LogP contribution in [0.15, 0.2) is 57.5 Å². The molecule has 2 rings (SSSR count). The average molecular weight is 354 g/mol. The van der Waals surface area contributed by atoms with Gasteiger partial charge in [0.2, 0.25) is 0 Å². The summed E-state index contributed by atoms with van der Waals surface area (Å²) in [6.45, 7) is 0. The first-order valence-electron chi connectivity index (χ1n) is 5.73. The molecule has 88 valence electrons. The zero-order chi connectivity index (χ0) is 12.1. The van der Waals surface area contributed by atoms with E-state index in [0.717, 1.165) is 21.8 Å². The van der Waals surface area contributed by atoms with Gasteiger partial charge in [0.1, 0.15) is 0 Å². The lowest BCUT2D eigenvalue weighted by Crippen LogP contribution is -1.89. The second kappa shape index (κ2) is 6.36. The molecule has 0 unspecified atom stereocenters. The van der Waals surface area contributed by atoms with Crippen molar-refractivity contribution in [1.29, 1.82) is 0 Å². The van der Waals surface area contributed by atoms with Crippen LogP contribution in [0.1, 0.15) is 17.5 Å². The number of halogens is 2. The lowest BCUT2D eigenvalue weighted by molar-refractivity contribution is 0.820. The summed E-state index contributed by atoms with van der Waals surface area (Å²) in [6.07, 6.45) is 3.48. The summed E-state index contributed by atoms with van der Waals surface area (Å²) in [4.78, 5) is 0. The van der Waals surface area contributed by atoms with Gasteiger partial charge in [0.05, 0.1) is 0 Å². The Hall–Kier alpha value is -0.600. The maximum atomic E-state index is 3.45. The predicted molar refractivity (Wildman–Crippen MR) is 80.3 cm³/mol. The van der Waals surface area contributed by atoms with Crippen LogP contribution in [0.4, 0.5) is 0 Å². The highest BCUT2D eigenvalue weighted by molar-refractivity contribution is 9.10. The standard InChI is InChI=1S/C15H14Br2/c16-14-8-4-12(5-9-14)2-1-3-13-6-10-15(17)11-7-13/h4-11H,1-3H2. The lowest BCUT2D eigenvalue weighted by atomic mass is 10.0. The van der Waals surface area contributed by atoms with E-state index in [1.165, 1.54) is 17.5 Å². The summed E-state index contributed by atoms with van der Waals surface area (Å²) >= 11 is 6.91. The summed E-state index contributed by atoms with van der Waals surface area (Å²) in [6, 6.07) is 17.2. The fourth-order valence-corrected chi connectivity index (χ4v) is 2.33. The number of benzene rings is 2. The minimum Gasteiger partial charge on any atom is -0.0579 e. The maximum absolute atomic E-state index is 3.45. The molecule has 0 N–H and O–H groups in total. The monoisotopic (exact) mass is 352 g/mol. The van der Waals surface area contributed by atoms with E-state index in [1.807, 2.05) is 0 Å². The third kappa shape index (κ3) is 4.29. The van der Waals surface area contributed by atoms with Crippen molar-refractivity contribution < 1.29 is 0 Å². The van der Waals surface area contributed by atoms with E-state index in [9.17, 15) is 0 Å². The molecule has 0 aromatic heterocycles. The van der Waals surface area contributed by atoms with E-state index in [4.69, 9.17) is 0 Å². The summed E-state index contributed by atoms with van der Waals surface area (Å²) in [5, 5.41) is 0. The summed E-state index contributed by atoms with van der Waals surface area (Å²) in [5.74, 6) is 0. The van der Waals surface area contributed by atoms with Crippen molar-refractivity contribution in [2.24, 2.45) is 0 Å². The quantitative estimate of drug-likeness (QED) is 0.691. The van der Waals surface area contributed by atoms with Crippen LogP contribution in [-0.2, 0) is 12.8 Å². The number of hydrogen-bond donors (Lipinski definition) is 0. The van der Waals surface area contributed by atoms with Gasteiger partial charge in [-0.2, -0.15) is 0 Å². The van der Waals surface area contributed by atoms with Crippen molar-refractivity contribution in [3.05, 3.63) is 68.6 Å². The Labute approximate surface area is 119 Å². The third-order valence-electron chi connectivity index (χ3n) is 2.76. The van der Waals surface area contributed by atoms with E-state index >= 15 is 0 Å². The molecule has 0 bridgehead atoms. The fourth-order valence-electron chi connectivity index (χ4n) is 1.80. The highest BCUT2D eigenvalue weighted by atomic mass is 79.9. The molecule has 0 spiro atoms. The molecule has 0 radical (unpaired) electrons. The van der Waals surface area contributed by atoms with E-state index in [2.05, 4.69) is 80.4 Å². The zero-order valence-corrected chi connectivity index (χ0v) is 12.7. The van der Waals surface area contributed by atoms with E-state index in [0.29, 0.717) is 0 Å². The van der Waals surface area contributed by atoms with Crippen LogP contribution < -0.4 is 0 Å². The van der Waals surface area contributed by atoms with E-state index < -0.39 is 0 Å². The van der Waals surface area contributed by atoms with Gasteiger partial charge in [-0.3, -0.25) is 0 Å². The summed E-state index contributed by atoms with van der Waals surface area (Å²) in [7, 11) is 0. The highest BCUT2D eigenvalue weighted by Crippen LogP contribution is 2.15. The smallest absolute Gasteiger partial charge is 0.0175 e. The normalized spacial score (nSPS) is 10.5. The first-order chi connectivity index (χ1) is 8.24. The van der Waals surface area contributed by atoms with Crippen LogP contribution in [0.25, 0.3) is 0 Å². The van der Waals surface area contributed by atoms with Crippen molar-refractivity contribution in [2.45, 2.75) is 19.3 Å². The molecule has 0 saturated carbocycles. The molecule has 2 heteroatoms. The summed E-state index contributed by atoms with van der Waals surface area (Å²) in [5.41, 5.74) is 2.82. The van der Waals surface area contributed by atoms with Gasteiger partial charge >= 0.3 is 0 Å². The summed E-state index contributed by atoms with van der Waals surface area (Å²) < 4.78 is 2.29. The first kappa shape index (κ1) is 12.8. The Morgan fingerprint density at radius 2 is 0.941 bits per heavy atom. The molecule has 0 amide bonds. The van der Waals surface area contributed by atoms with Crippen molar-refractivity contribution >= 4 is 31.9 Å². The van der Waals surface area contributed by atoms with Gasteiger partial charge in [0.15, 0.2) is 0 Å². The minimum absolute atomic E-state index is 1.14. The van der Waals surface area contributed by atoms with Crippen LogP contribution in [0, 0.1) is 0 Å². The topological polar surface area (TPSA) is 0 Å². The van der Waals surface area contributed by atoms with Crippen LogP contribution in [0.5, 0.6) is 0 Å². The van der Waals surface area contributed by atoms with Gasteiger partial charge in [0, 0.05) is 8.95 Å². The second-order valence-electron chi connectivity index (χ2n) is 4.11. The number of aryl methyl sites for hydroxylation is 2. The Morgan fingerprint density at radius 3 is 1.29 bits per heavy atom. The van der Waals surface area contributed by atoms with Gasteiger partial charge in [-0.1, -0.05) is 56.1 Å². The van der Waals surface area contributed by atoms with Gasteiger partial charge in [-0.15, -0.1) is 0 Å². The van der Waals surface area contributed by atoms with Gasteiger partial charge in [-0.05, 0) is 54.7 Å². The van der Waals surface area contributed by atoms with Crippen molar-refractivity contribution in [2.75, 3.05) is 0 Å². The van der Waals surface area contributed by atoms with Crippen LogP contribution >= 0.6 is 31.9 Å². The molecule has 0 atom stereocenters. The first-order valence-corrected chi connectivity index (χ1v) is 7.31. The largest absolute Gasteiger partial charge is 0.0579 e. The molecular weight excluding hydrogens is 340 g/mol. The molecule has 0 aliphatic carbocycles. The second-order valence-corrected chi connectivity index (χ2v) is 5.94. The Bertz CT molecular complexity index is 412. The van der Waals surface area contributed by atoms with Crippen molar-refractivity contribution in [1.82, 2.24) is 0 Å². The van der Waals surface area contributed by atoms with E-state index in [1.54, 1.807) is 0 Å². The molecule has 0 nitrogen and oxygen atoms in total. The molecule has 0 saturated heterocycles. The lowest BCUT2D eigenvalue weighted by Gasteiger charge is -2.03. The molecule has 2 aromatic carbocycles. The van der Waals surface area contributed by atoms with Crippen molar-refractivity contribution in [3.8, 4) is 0 Å². The van der Waals surface area contributed by atoms with Crippen LogP contribution in [0.3, 0.4) is 0 Å². The predicted octanol–water partition coefficient (Wildman–Crippen LogP) is 5.39. The van der Waals surface area contributed by atoms with Crippen molar-refractivity contribution in [3.63, 3.8) is 0 Å². The molecule has 0 fully saturated rings.